The van der Waals surface area contributed by atoms with Gasteiger partial charge in [-0.3, -0.25) is 9.59 Å². The van der Waals surface area contributed by atoms with Gasteiger partial charge in [-0.1, -0.05) is 18.6 Å². The van der Waals surface area contributed by atoms with E-state index in [9.17, 15) is 24.6 Å². The first-order chi connectivity index (χ1) is 12.5. The summed E-state index contributed by atoms with van der Waals surface area (Å²) in [6.07, 6.45) is 5.02. The Bertz CT molecular complexity index is 497. The summed E-state index contributed by atoms with van der Waals surface area (Å²) in [4.78, 5) is 33.1. The largest absolute Gasteiger partial charge is 0.550 e. The Morgan fingerprint density at radius 2 is 1.74 bits per heavy atom. The molecule has 0 aliphatic carbocycles. The van der Waals surface area contributed by atoms with Crippen LogP contribution < -0.4 is 5.11 Å². The minimum atomic E-state index is -1.28. The van der Waals surface area contributed by atoms with Crippen molar-refractivity contribution in [3.05, 3.63) is 12.2 Å². The molecule has 2 unspecified atom stereocenters. The Kier molecular flexibility index (Phi) is 12.3. The van der Waals surface area contributed by atoms with Gasteiger partial charge in [0.1, 0.15) is 6.54 Å². The fourth-order valence-electron chi connectivity index (χ4n) is 2.54. The first-order valence-corrected chi connectivity index (χ1v) is 9.24. The number of allylic oxidation sites excluding steroid dienone is 1. The lowest BCUT2D eigenvalue weighted by Crippen LogP contribution is -2.45. The molecule has 0 fully saturated rings. The summed E-state index contributed by atoms with van der Waals surface area (Å²) in [5.74, 6) is -2.71. The van der Waals surface area contributed by atoms with E-state index < -0.39 is 30.1 Å². The Morgan fingerprint density at radius 1 is 1.07 bits per heavy atom. The predicted octanol–water partition coefficient (Wildman–Crippen LogP) is 0.477. The van der Waals surface area contributed by atoms with Gasteiger partial charge in [-0.05, 0) is 25.7 Å². The highest BCUT2D eigenvalue weighted by Crippen LogP contribution is 2.09. The van der Waals surface area contributed by atoms with Crippen LogP contribution in [0.1, 0.15) is 51.4 Å². The van der Waals surface area contributed by atoms with Crippen molar-refractivity contribution in [2.24, 2.45) is 0 Å². The zero-order valence-corrected chi connectivity index (χ0v) is 16.6. The van der Waals surface area contributed by atoms with Gasteiger partial charge in [0.05, 0.1) is 33.7 Å². The molecule has 0 heterocycles. The first-order valence-electron chi connectivity index (χ1n) is 9.24. The molecule has 0 saturated heterocycles. The van der Waals surface area contributed by atoms with Crippen LogP contribution in [0, 0.1) is 0 Å². The van der Waals surface area contributed by atoms with Gasteiger partial charge < -0.3 is 29.3 Å². The fraction of sp³-hybridized carbons (Fsp3) is 0.737. The SMILES string of the molecule is C[N+](C)(C)CC(CC(=O)[O-])OC(=O)CC(O)C/C=C/CCCCCC(=O)O. The van der Waals surface area contributed by atoms with Crippen LogP contribution in [0.5, 0.6) is 0 Å². The summed E-state index contributed by atoms with van der Waals surface area (Å²) in [6, 6.07) is 0. The Morgan fingerprint density at radius 3 is 2.30 bits per heavy atom. The lowest BCUT2D eigenvalue weighted by molar-refractivity contribution is -0.873. The highest BCUT2D eigenvalue weighted by molar-refractivity contribution is 5.71. The predicted molar refractivity (Wildman–Crippen MR) is 97.5 cm³/mol. The molecule has 2 N–H and O–H groups in total. The molecular formula is C19H33NO7. The maximum absolute atomic E-state index is 11.9. The number of hydrogen-bond acceptors (Lipinski definition) is 6. The number of carbonyl (C=O) groups is 3. The van der Waals surface area contributed by atoms with E-state index >= 15 is 0 Å². The van der Waals surface area contributed by atoms with Crippen LogP contribution >= 0.6 is 0 Å². The van der Waals surface area contributed by atoms with Crippen molar-refractivity contribution in [1.82, 2.24) is 0 Å². The standard InChI is InChI=1S/C19H33NO7/c1-20(2,3)14-16(13-18(24)25)27-19(26)12-15(21)10-8-6-4-5-7-9-11-17(22)23/h6,8,15-16,21H,4-5,7,9-14H2,1-3H3,(H-,22,23,24,25)/b8-6+. The van der Waals surface area contributed by atoms with Crippen LogP contribution in [-0.4, -0.2) is 72.5 Å². The van der Waals surface area contributed by atoms with Gasteiger partial charge >= 0.3 is 11.9 Å². The zero-order valence-electron chi connectivity index (χ0n) is 16.6. The van der Waals surface area contributed by atoms with E-state index in [1.165, 1.54) is 0 Å². The molecular weight excluding hydrogens is 354 g/mol. The summed E-state index contributed by atoms with van der Waals surface area (Å²) in [5.41, 5.74) is 0. The average Bonchev–Trinajstić information content (AvgIpc) is 2.46. The zero-order chi connectivity index (χ0) is 20.9. The highest BCUT2D eigenvalue weighted by Gasteiger charge is 2.23. The van der Waals surface area contributed by atoms with E-state index in [0.29, 0.717) is 23.9 Å². The number of carbonyl (C=O) groups excluding carboxylic acids is 2. The van der Waals surface area contributed by atoms with Crippen molar-refractivity contribution in [2.45, 2.75) is 63.6 Å². The lowest BCUT2D eigenvalue weighted by atomic mass is 10.1. The van der Waals surface area contributed by atoms with E-state index in [2.05, 4.69) is 0 Å². The van der Waals surface area contributed by atoms with Gasteiger partial charge in [-0.25, -0.2) is 0 Å². The van der Waals surface area contributed by atoms with Crippen LogP contribution in [-0.2, 0) is 19.1 Å². The van der Waals surface area contributed by atoms with E-state index in [1.807, 2.05) is 27.2 Å². The van der Waals surface area contributed by atoms with Crippen LogP contribution in [0.25, 0.3) is 0 Å². The third-order valence-electron chi connectivity index (χ3n) is 3.68. The van der Waals surface area contributed by atoms with Gasteiger partial charge in [-0.15, -0.1) is 0 Å². The maximum Gasteiger partial charge on any atom is 0.308 e. The summed E-state index contributed by atoms with van der Waals surface area (Å²) < 4.78 is 5.63. The molecule has 0 aromatic rings. The van der Waals surface area contributed by atoms with Crippen molar-refractivity contribution in [1.29, 1.82) is 0 Å². The molecule has 0 aliphatic rings. The number of aliphatic hydroxyl groups is 1. The molecule has 0 radical (unpaired) electrons. The first kappa shape index (κ1) is 25.1. The van der Waals surface area contributed by atoms with Gasteiger partial charge in [0.25, 0.3) is 0 Å². The molecule has 27 heavy (non-hydrogen) atoms. The van der Waals surface area contributed by atoms with Crippen molar-refractivity contribution in [2.75, 3.05) is 27.7 Å². The molecule has 0 spiro atoms. The maximum atomic E-state index is 11.9. The second kappa shape index (κ2) is 13.3. The van der Waals surface area contributed by atoms with E-state index in [1.54, 1.807) is 6.08 Å². The van der Waals surface area contributed by atoms with E-state index in [-0.39, 0.29) is 19.3 Å². The number of nitrogens with zero attached hydrogens (tertiary/aromatic N) is 1. The Labute approximate surface area is 161 Å². The van der Waals surface area contributed by atoms with Gasteiger partial charge in [0.15, 0.2) is 6.10 Å². The number of aliphatic hydroxyl groups excluding tert-OH is 1. The molecule has 8 nitrogen and oxygen atoms in total. The summed E-state index contributed by atoms with van der Waals surface area (Å²) in [5, 5.41) is 29.2. The number of carboxylic acid groups (broad SMARTS) is 2. The second-order valence-electron chi connectivity index (χ2n) is 7.72. The minimum absolute atomic E-state index is 0.178. The molecule has 0 bridgehead atoms. The molecule has 8 heteroatoms. The monoisotopic (exact) mass is 387 g/mol. The van der Waals surface area contributed by atoms with Gasteiger partial charge in [-0.2, -0.15) is 0 Å². The molecule has 0 saturated carbocycles. The van der Waals surface area contributed by atoms with Crippen molar-refractivity contribution in [3.8, 4) is 0 Å². The molecule has 156 valence electrons. The van der Waals surface area contributed by atoms with Crippen LogP contribution in [0.2, 0.25) is 0 Å². The molecule has 2 atom stereocenters. The van der Waals surface area contributed by atoms with Gasteiger partial charge in [0.2, 0.25) is 0 Å². The van der Waals surface area contributed by atoms with Crippen LogP contribution in [0.15, 0.2) is 12.2 Å². The Hall–Kier alpha value is -1.93. The normalized spacial score (nSPS) is 14.1. The number of likely N-dealkylation sites (N-methyl/N-ethyl adjacent to an activating group) is 1. The number of ether oxygens (including phenoxy) is 1. The number of esters is 1. The third kappa shape index (κ3) is 17.3. The van der Waals surface area contributed by atoms with E-state index in [0.717, 1.165) is 19.3 Å². The summed E-state index contributed by atoms with van der Waals surface area (Å²) in [7, 11) is 5.58. The lowest BCUT2D eigenvalue weighted by Gasteiger charge is -2.29. The van der Waals surface area contributed by atoms with Crippen LogP contribution in [0.4, 0.5) is 0 Å². The van der Waals surface area contributed by atoms with Gasteiger partial charge in [0, 0.05) is 18.8 Å². The summed E-state index contributed by atoms with van der Waals surface area (Å²) >= 11 is 0. The van der Waals surface area contributed by atoms with Crippen molar-refractivity contribution < 1.29 is 38.9 Å². The topological polar surface area (TPSA) is 124 Å². The number of carboxylic acids is 2. The smallest absolute Gasteiger partial charge is 0.308 e. The second-order valence-corrected chi connectivity index (χ2v) is 7.72. The van der Waals surface area contributed by atoms with Crippen molar-refractivity contribution >= 4 is 17.9 Å². The number of quaternary nitrogens is 1. The third-order valence-corrected chi connectivity index (χ3v) is 3.68. The molecule has 0 rings (SSSR count). The average molecular weight is 387 g/mol. The Balaban J connectivity index is 4.11. The minimum Gasteiger partial charge on any atom is -0.550 e. The van der Waals surface area contributed by atoms with Crippen molar-refractivity contribution in [3.63, 3.8) is 0 Å². The molecule has 0 aromatic heterocycles. The molecule has 0 aromatic carbocycles. The van der Waals surface area contributed by atoms with E-state index in [4.69, 9.17) is 9.84 Å². The molecule has 0 amide bonds. The molecule has 0 aliphatic heterocycles. The highest BCUT2D eigenvalue weighted by atomic mass is 16.5. The summed E-state index contributed by atoms with van der Waals surface area (Å²) in [6.45, 7) is 0.331. The van der Waals surface area contributed by atoms with Crippen LogP contribution in [0.3, 0.4) is 0 Å². The number of hydrogen-bond donors (Lipinski definition) is 2. The number of aliphatic carboxylic acids is 2. The number of rotatable bonds is 15. The fourth-order valence-corrected chi connectivity index (χ4v) is 2.54. The quantitative estimate of drug-likeness (QED) is 0.181. The number of unbranched alkanes of at least 4 members (excludes halogenated alkanes) is 3.